The van der Waals surface area contributed by atoms with Gasteiger partial charge in [0.15, 0.2) is 0 Å². The van der Waals surface area contributed by atoms with Crippen LogP contribution in [0.25, 0.3) is 0 Å². The molecule has 0 aromatic rings. The maximum atomic E-state index is 2.21. The third kappa shape index (κ3) is 3.81. The minimum Gasteiger partial charge on any atom is -0.0770 e. The molecule has 2 rings (SSSR count). The Bertz CT molecular complexity index is 229. The summed E-state index contributed by atoms with van der Waals surface area (Å²) in [5, 5.41) is 0. The van der Waals surface area contributed by atoms with E-state index in [-0.39, 0.29) is 0 Å². The Morgan fingerprint density at radius 3 is 1.44 bits per heavy atom. The van der Waals surface area contributed by atoms with E-state index in [9.17, 15) is 0 Å². The van der Waals surface area contributed by atoms with Crippen molar-refractivity contribution in [3.63, 3.8) is 0 Å². The SMILES string of the molecule is [CH]1[CH][CH]/C=C(/C2=C/[CH][CH][CH][CH][CH]C2)C[CH][CH]1. The third-order valence-corrected chi connectivity index (χ3v) is 2.62. The summed E-state index contributed by atoms with van der Waals surface area (Å²) >= 11 is 0. The molecule has 80 valence electrons. The Balaban J connectivity index is 2.01. The summed E-state index contributed by atoms with van der Waals surface area (Å²) in [5.74, 6) is 0. The summed E-state index contributed by atoms with van der Waals surface area (Å²) in [6.07, 6.45) is 27.5. The first-order valence-electron chi connectivity index (χ1n) is 5.68. The molecule has 0 atom stereocenters. The third-order valence-electron chi connectivity index (χ3n) is 2.62. The standard InChI is InChI=1S/C16H16/c1-3-7-11-15(12-8-4-1)16-13-9-5-2-6-10-14-16/h1-11,13H,12,14H2/b15-11+,16-13+. The van der Waals surface area contributed by atoms with Gasteiger partial charge in [0.1, 0.15) is 0 Å². The van der Waals surface area contributed by atoms with Gasteiger partial charge in [0.25, 0.3) is 0 Å². The zero-order valence-electron chi connectivity index (χ0n) is 9.34. The van der Waals surface area contributed by atoms with E-state index < -0.39 is 0 Å². The lowest BCUT2D eigenvalue weighted by molar-refractivity contribution is 1.02. The van der Waals surface area contributed by atoms with Crippen LogP contribution < -0.4 is 0 Å². The van der Waals surface area contributed by atoms with Gasteiger partial charge in [-0.05, 0) is 88.2 Å². The van der Waals surface area contributed by atoms with Crippen LogP contribution in [0.15, 0.2) is 23.3 Å². The quantitative estimate of drug-likeness (QED) is 0.616. The molecule has 2 aliphatic carbocycles. The molecule has 0 spiro atoms. The normalized spacial score (nSPS) is 31.0. The maximum Gasteiger partial charge on any atom is -0.0127 e. The van der Waals surface area contributed by atoms with Crippen LogP contribution in [-0.4, -0.2) is 0 Å². The van der Waals surface area contributed by atoms with Crippen LogP contribution in [0.4, 0.5) is 0 Å². The lowest BCUT2D eigenvalue weighted by Gasteiger charge is -2.16. The molecule has 0 amide bonds. The van der Waals surface area contributed by atoms with Gasteiger partial charge >= 0.3 is 0 Å². The van der Waals surface area contributed by atoms with Gasteiger partial charge < -0.3 is 0 Å². The van der Waals surface area contributed by atoms with Crippen molar-refractivity contribution >= 4 is 0 Å². The molecule has 0 N–H and O–H groups in total. The van der Waals surface area contributed by atoms with Gasteiger partial charge in [-0.2, -0.15) is 0 Å². The second-order valence-corrected chi connectivity index (χ2v) is 3.80. The largest absolute Gasteiger partial charge is 0.0770 e. The van der Waals surface area contributed by atoms with Crippen LogP contribution in [-0.2, 0) is 0 Å². The monoisotopic (exact) mass is 208 g/mol. The number of hydrogen-bond donors (Lipinski definition) is 0. The predicted octanol–water partition coefficient (Wildman–Crippen LogP) is 3.69. The Labute approximate surface area is 101 Å². The molecule has 2 aliphatic rings. The molecule has 0 aliphatic heterocycles. The van der Waals surface area contributed by atoms with Gasteiger partial charge in [-0.3, -0.25) is 0 Å². The lowest BCUT2D eigenvalue weighted by Crippen LogP contribution is -2.00. The summed E-state index contributed by atoms with van der Waals surface area (Å²) in [6.45, 7) is 0. The summed E-state index contributed by atoms with van der Waals surface area (Å²) < 4.78 is 0. The van der Waals surface area contributed by atoms with Crippen LogP contribution in [0.2, 0.25) is 0 Å². The second-order valence-electron chi connectivity index (χ2n) is 3.80. The molecule has 0 heteroatoms. The van der Waals surface area contributed by atoms with E-state index in [1.54, 1.807) is 0 Å². The average molecular weight is 208 g/mol. The van der Waals surface area contributed by atoms with Gasteiger partial charge in [0, 0.05) is 0 Å². The first kappa shape index (κ1) is 12.0. The van der Waals surface area contributed by atoms with Crippen LogP contribution >= 0.6 is 0 Å². The molecule has 0 fully saturated rings. The molecule has 16 heavy (non-hydrogen) atoms. The van der Waals surface area contributed by atoms with Crippen molar-refractivity contribution in [1.82, 2.24) is 0 Å². The maximum absolute atomic E-state index is 2.21. The van der Waals surface area contributed by atoms with E-state index in [1.807, 2.05) is 0 Å². The van der Waals surface area contributed by atoms with Crippen molar-refractivity contribution in [2.75, 3.05) is 0 Å². The molecule has 0 unspecified atom stereocenters. The summed E-state index contributed by atoms with van der Waals surface area (Å²) in [6, 6.07) is 0. The topological polar surface area (TPSA) is 0 Å². The fourth-order valence-electron chi connectivity index (χ4n) is 1.76. The predicted molar refractivity (Wildman–Crippen MR) is 68.4 cm³/mol. The molecule has 0 saturated carbocycles. The van der Waals surface area contributed by atoms with Crippen LogP contribution in [0.1, 0.15) is 12.8 Å². The molecule has 0 heterocycles. The molecule has 0 aromatic heterocycles. The van der Waals surface area contributed by atoms with Gasteiger partial charge in [-0.1, -0.05) is 12.2 Å². The first-order chi connectivity index (χ1) is 7.97. The van der Waals surface area contributed by atoms with E-state index in [2.05, 4.69) is 76.4 Å². The van der Waals surface area contributed by atoms with Crippen molar-refractivity contribution in [3.8, 4) is 0 Å². The molecule has 0 nitrogen and oxygen atoms in total. The van der Waals surface area contributed by atoms with Crippen molar-refractivity contribution in [1.29, 1.82) is 0 Å². The zero-order valence-corrected chi connectivity index (χ0v) is 9.34. The van der Waals surface area contributed by atoms with E-state index >= 15 is 0 Å². The molecular formula is C16H16. The van der Waals surface area contributed by atoms with Gasteiger partial charge in [-0.25, -0.2) is 0 Å². The second kappa shape index (κ2) is 6.93. The zero-order chi connectivity index (χ0) is 11.1. The van der Waals surface area contributed by atoms with Gasteiger partial charge in [0.2, 0.25) is 0 Å². The summed E-state index contributed by atoms with van der Waals surface area (Å²) in [4.78, 5) is 0. The summed E-state index contributed by atoms with van der Waals surface area (Å²) in [7, 11) is 0. The minimum absolute atomic E-state index is 1.01. The van der Waals surface area contributed by atoms with E-state index in [0.717, 1.165) is 12.8 Å². The van der Waals surface area contributed by atoms with Crippen LogP contribution in [0.3, 0.4) is 0 Å². The van der Waals surface area contributed by atoms with Crippen molar-refractivity contribution < 1.29 is 0 Å². The number of hydrogen-bond acceptors (Lipinski definition) is 0. The highest BCUT2D eigenvalue weighted by atomic mass is 14.1. The fraction of sp³-hybridized carbons (Fsp3) is 0.125. The molecule has 0 saturated heterocycles. The molecule has 0 aromatic carbocycles. The molecule has 0 bridgehead atoms. The van der Waals surface area contributed by atoms with Crippen molar-refractivity contribution in [3.05, 3.63) is 87.5 Å². The van der Waals surface area contributed by atoms with E-state index in [1.165, 1.54) is 11.1 Å². The highest BCUT2D eigenvalue weighted by Crippen LogP contribution is 2.26. The highest BCUT2D eigenvalue weighted by Gasteiger charge is 2.09. The smallest absolute Gasteiger partial charge is 0.0127 e. The Hall–Kier alpha value is -0.520. The Kier molecular flexibility index (Phi) is 5.18. The number of allylic oxidation sites excluding steroid dienone is 4. The number of rotatable bonds is 1. The van der Waals surface area contributed by atoms with Crippen molar-refractivity contribution in [2.24, 2.45) is 0 Å². The summed E-state index contributed by atoms with van der Waals surface area (Å²) in [5.41, 5.74) is 2.80. The van der Waals surface area contributed by atoms with Crippen molar-refractivity contribution in [2.45, 2.75) is 12.8 Å². The molecule has 10 radical (unpaired) electrons. The first-order valence-corrected chi connectivity index (χ1v) is 5.68. The Morgan fingerprint density at radius 1 is 0.500 bits per heavy atom. The minimum atomic E-state index is 1.01. The van der Waals surface area contributed by atoms with E-state index in [4.69, 9.17) is 0 Å². The fourth-order valence-corrected chi connectivity index (χ4v) is 1.76. The molecular weight excluding hydrogens is 192 g/mol. The Morgan fingerprint density at radius 2 is 0.938 bits per heavy atom. The van der Waals surface area contributed by atoms with Crippen LogP contribution in [0.5, 0.6) is 0 Å². The average Bonchev–Trinajstić information content (AvgIpc) is 2.18. The van der Waals surface area contributed by atoms with Crippen LogP contribution in [0, 0.1) is 64.2 Å². The van der Waals surface area contributed by atoms with Gasteiger partial charge in [-0.15, -0.1) is 0 Å². The lowest BCUT2D eigenvalue weighted by atomic mass is 9.89. The highest BCUT2D eigenvalue weighted by molar-refractivity contribution is 5.42. The van der Waals surface area contributed by atoms with Gasteiger partial charge in [0.05, 0.1) is 0 Å². The van der Waals surface area contributed by atoms with E-state index in [0.29, 0.717) is 0 Å².